The Kier molecular flexibility index (Phi) is 4.31. The fourth-order valence-corrected chi connectivity index (χ4v) is 1.89. The van der Waals surface area contributed by atoms with Gasteiger partial charge in [-0.15, -0.1) is 12.4 Å². The highest BCUT2D eigenvalue weighted by molar-refractivity contribution is 7.86. The zero-order valence-electron chi connectivity index (χ0n) is 6.19. The van der Waals surface area contributed by atoms with E-state index in [-0.39, 0.29) is 12.4 Å². The lowest BCUT2D eigenvalue weighted by Gasteiger charge is -2.23. The fourth-order valence-electron chi connectivity index (χ4n) is 1.12. The van der Waals surface area contributed by atoms with Gasteiger partial charge in [0, 0.05) is 13.1 Å². The summed E-state index contributed by atoms with van der Waals surface area (Å²) >= 11 is 0. The summed E-state index contributed by atoms with van der Waals surface area (Å²) in [6, 6.07) is 0. The summed E-state index contributed by atoms with van der Waals surface area (Å²) in [7, 11) is -3.39. The van der Waals surface area contributed by atoms with Crippen LogP contribution in [0, 0.1) is 0 Å². The first-order chi connectivity index (χ1) is 4.61. The van der Waals surface area contributed by atoms with Gasteiger partial charge >= 0.3 is 0 Å². The minimum Gasteiger partial charge on any atom is -0.216 e. The molecule has 0 bridgehead atoms. The molecule has 0 aromatic carbocycles. The molecular formula is C5H13ClN2O2S. The lowest BCUT2D eigenvalue weighted by molar-refractivity contribution is 0.347. The molecule has 1 aliphatic heterocycles. The number of nitrogens with zero attached hydrogens (tertiary/aromatic N) is 1. The molecule has 0 aromatic heterocycles. The van der Waals surface area contributed by atoms with Crippen LogP contribution in [0.25, 0.3) is 0 Å². The number of rotatable bonds is 1. The van der Waals surface area contributed by atoms with E-state index in [0.717, 1.165) is 19.3 Å². The van der Waals surface area contributed by atoms with Crippen molar-refractivity contribution >= 4 is 22.6 Å². The summed E-state index contributed by atoms with van der Waals surface area (Å²) in [4.78, 5) is 0. The smallest absolute Gasteiger partial charge is 0.216 e. The van der Waals surface area contributed by atoms with Crippen LogP contribution in [0.15, 0.2) is 0 Å². The molecule has 68 valence electrons. The first-order valence-electron chi connectivity index (χ1n) is 3.38. The minimum absolute atomic E-state index is 0. The summed E-state index contributed by atoms with van der Waals surface area (Å²) in [5, 5.41) is 4.91. The highest BCUT2D eigenvalue weighted by atomic mass is 35.5. The summed E-state index contributed by atoms with van der Waals surface area (Å²) in [5.74, 6) is 0. The van der Waals surface area contributed by atoms with Crippen LogP contribution in [0.4, 0.5) is 0 Å². The zero-order valence-corrected chi connectivity index (χ0v) is 7.83. The minimum atomic E-state index is -3.39. The molecule has 2 N–H and O–H groups in total. The maximum Gasteiger partial charge on any atom is 0.276 e. The largest absolute Gasteiger partial charge is 0.276 e. The van der Waals surface area contributed by atoms with Gasteiger partial charge in [0.05, 0.1) is 0 Å². The van der Waals surface area contributed by atoms with Gasteiger partial charge in [-0.05, 0) is 12.8 Å². The third-order valence-corrected chi connectivity index (χ3v) is 2.76. The third-order valence-electron chi connectivity index (χ3n) is 1.67. The van der Waals surface area contributed by atoms with Crippen LogP contribution in [-0.2, 0) is 10.2 Å². The molecule has 0 spiro atoms. The standard InChI is InChI=1S/C5H12N2O2S.ClH/c6-10(8,9)7-4-2-1-3-5-7;/h1-5H2,(H2,6,8,9);1H. The molecule has 0 aliphatic carbocycles. The van der Waals surface area contributed by atoms with Crippen molar-refractivity contribution in [1.82, 2.24) is 4.31 Å². The Hall–Kier alpha value is 0.160. The number of hydrogen-bond donors (Lipinski definition) is 1. The van der Waals surface area contributed by atoms with E-state index >= 15 is 0 Å². The fraction of sp³-hybridized carbons (Fsp3) is 1.00. The van der Waals surface area contributed by atoms with Gasteiger partial charge in [-0.3, -0.25) is 0 Å². The molecular weight excluding hydrogens is 188 g/mol. The maximum atomic E-state index is 10.7. The molecule has 11 heavy (non-hydrogen) atoms. The SMILES string of the molecule is Cl.NS(=O)(=O)N1CCCCC1. The lowest BCUT2D eigenvalue weighted by Crippen LogP contribution is -2.40. The van der Waals surface area contributed by atoms with Gasteiger partial charge in [-0.25, -0.2) is 5.14 Å². The van der Waals surface area contributed by atoms with Crippen LogP contribution >= 0.6 is 12.4 Å². The predicted molar refractivity (Wildman–Crippen MR) is 45.8 cm³/mol. The van der Waals surface area contributed by atoms with E-state index in [2.05, 4.69) is 0 Å². The van der Waals surface area contributed by atoms with Crippen LogP contribution in [0.2, 0.25) is 0 Å². The van der Waals surface area contributed by atoms with Gasteiger partial charge in [-0.2, -0.15) is 12.7 Å². The molecule has 1 saturated heterocycles. The van der Waals surface area contributed by atoms with Crippen LogP contribution < -0.4 is 5.14 Å². The first-order valence-corrected chi connectivity index (χ1v) is 4.89. The Morgan fingerprint density at radius 1 is 1.09 bits per heavy atom. The first kappa shape index (κ1) is 11.2. The number of nitrogens with two attached hydrogens (primary N) is 1. The van der Waals surface area contributed by atoms with Gasteiger partial charge in [0.1, 0.15) is 0 Å². The van der Waals surface area contributed by atoms with E-state index in [1.807, 2.05) is 0 Å². The Bertz CT molecular complexity index is 199. The number of hydrogen-bond acceptors (Lipinski definition) is 2. The summed E-state index contributed by atoms with van der Waals surface area (Å²) in [6.07, 6.45) is 3.00. The molecule has 0 saturated carbocycles. The average molecular weight is 201 g/mol. The van der Waals surface area contributed by atoms with Crippen molar-refractivity contribution in [3.63, 3.8) is 0 Å². The highest BCUT2D eigenvalue weighted by Crippen LogP contribution is 2.09. The third kappa shape index (κ3) is 3.37. The molecule has 4 nitrogen and oxygen atoms in total. The predicted octanol–water partition coefficient (Wildman–Crippen LogP) is 0.0976. The molecule has 1 fully saturated rings. The van der Waals surface area contributed by atoms with Crippen molar-refractivity contribution in [2.45, 2.75) is 19.3 Å². The molecule has 0 radical (unpaired) electrons. The molecule has 1 aliphatic rings. The topological polar surface area (TPSA) is 63.4 Å². The van der Waals surface area contributed by atoms with Crippen molar-refractivity contribution in [1.29, 1.82) is 0 Å². The molecule has 6 heteroatoms. The summed E-state index contributed by atoms with van der Waals surface area (Å²) < 4.78 is 22.7. The Labute approximate surface area is 73.3 Å². The van der Waals surface area contributed by atoms with Gasteiger partial charge in [0.15, 0.2) is 0 Å². The van der Waals surface area contributed by atoms with Crippen molar-refractivity contribution in [3.05, 3.63) is 0 Å². The van der Waals surface area contributed by atoms with Crippen molar-refractivity contribution in [2.75, 3.05) is 13.1 Å². The van der Waals surface area contributed by atoms with E-state index in [1.165, 1.54) is 4.31 Å². The van der Waals surface area contributed by atoms with E-state index in [9.17, 15) is 8.42 Å². The number of piperidine rings is 1. The molecule has 0 amide bonds. The van der Waals surface area contributed by atoms with Crippen molar-refractivity contribution in [2.24, 2.45) is 5.14 Å². The molecule has 1 heterocycles. The summed E-state index contributed by atoms with van der Waals surface area (Å²) in [6.45, 7) is 1.19. The van der Waals surface area contributed by atoms with Gasteiger partial charge < -0.3 is 0 Å². The maximum absolute atomic E-state index is 10.7. The zero-order chi connectivity index (χ0) is 7.61. The van der Waals surface area contributed by atoms with E-state index < -0.39 is 10.2 Å². The van der Waals surface area contributed by atoms with E-state index in [4.69, 9.17) is 5.14 Å². The molecule has 0 aromatic rings. The normalized spacial score (nSPS) is 20.8. The Morgan fingerprint density at radius 3 is 1.82 bits per heavy atom. The second kappa shape index (κ2) is 4.25. The average Bonchev–Trinajstić information content (AvgIpc) is 1.88. The van der Waals surface area contributed by atoms with Gasteiger partial charge in [0.2, 0.25) is 0 Å². The van der Waals surface area contributed by atoms with Crippen LogP contribution in [0.3, 0.4) is 0 Å². The van der Waals surface area contributed by atoms with Crippen LogP contribution in [0.5, 0.6) is 0 Å². The van der Waals surface area contributed by atoms with Crippen LogP contribution in [0.1, 0.15) is 19.3 Å². The van der Waals surface area contributed by atoms with Gasteiger partial charge in [0.25, 0.3) is 10.2 Å². The second-order valence-corrected chi connectivity index (χ2v) is 4.05. The molecule has 1 rings (SSSR count). The lowest BCUT2D eigenvalue weighted by atomic mass is 10.2. The van der Waals surface area contributed by atoms with Gasteiger partial charge in [-0.1, -0.05) is 6.42 Å². The molecule has 0 atom stereocenters. The monoisotopic (exact) mass is 200 g/mol. The van der Waals surface area contributed by atoms with Crippen molar-refractivity contribution in [3.8, 4) is 0 Å². The Morgan fingerprint density at radius 2 is 1.55 bits per heavy atom. The highest BCUT2D eigenvalue weighted by Gasteiger charge is 2.18. The quantitative estimate of drug-likeness (QED) is 0.653. The Balaban J connectivity index is 0.000001000. The van der Waals surface area contributed by atoms with E-state index in [0.29, 0.717) is 13.1 Å². The van der Waals surface area contributed by atoms with Crippen LogP contribution in [-0.4, -0.2) is 25.8 Å². The summed E-state index contributed by atoms with van der Waals surface area (Å²) in [5.41, 5.74) is 0. The second-order valence-electron chi connectivity index (χ2n) is 2.50. The van der Waals surface area contributed by atoms with Crippen molar-refractivity contribution < 1.29 is 8.42 Å². The molecule has 0 unspecified atom stereocenters. The number of halogens is 1. The van der Waals surface area contributed by atoms with E-state index in [1.54, 1.807) is 0 Å².